The van der Waals surface area contributed by atoms with Gasteiger partial charge in [0.05, 0.1) is 7.11 Å². The van der Waals surface area contributed by atoms with Crippen molar-refractivity contribution in [3.8, 4) is 28.2 Å². The van der Waals surface area contributed by atoms with E-state index in [0.29, 0.717) is 17.8 Å². The van der Waals surface area contributed by atoms with Gasteiger partial charge in [0.1, 0.15) is 11.5 Å². The Hall–Kier alpha value is -2.81. The van der Waals surface area contributed by atoms with E-state index >= 15 is 0 Å². The molecule has 104 valence electrons. The van der Waals surface area contributed by atoms with Crippen LogP contribution in [0.25, 0.3) is 22.5 Å². The highest BCUT2D eigenvalue weighted by molar-refractivity contribution is 5.73. The van der Waals surface area contributed by atoms with Crippen LogP contribution in [-0.4, -0.2) is 13.4 Å². The van der Waals surface area contributed by atoms with Crippen molar-refractivity contribution >= 4 is 6.29 Å². The maximum Gasteiger partial charge on any atom is 0.185 e. The lowest BCUT2D eigenvalue weighted by molar-refractivity contribution is 0.110. The van der Waals surface area contributed by atoms with Gasteiger partial charge in [-0.05, 0) is 35.4 Å². The summed E-state index contributed by atoms with van der Waals surface area (Å²) in [5.41, 5.74) is 3.18. The number of aldehydes is 1. The fourth-order valence-electron chi connectivity index (χ4n) is 2.18. The summed E-state index contributed by atoms with van der Waals surface area (Å²) in [5.74, 6) is 1.87. The maximum absolute atomic E-state index is 10.6. The summed E-state index contributed by atoms with van der Waals surface area (Å²) >= 11 is 0. The molecule has 3 aromatic rings. The van der Waals surface area contributed by atoms with E-state index in [1.165, 1.54) is 0 Å². The van der Waals surface area contributed by atoms with Crippen LogP contribution in [0.5, 0.6) is 5.75 Å². The Morgan fingerprint density at radius 2 is 1.38 bits per heavy atom. The number of hydrogen-bond acceptors (Lipinski definition) is 3. The van der Waals surface area contributed by atoms with Crippen molar-refractivity contribution in [2.24, 2.45) is 0 Å². The van der Waals surface area contributed by atoms with E-state index in [9.17, 15) is 4.79 Å². The largest absolute Gasteiger partial charge is 0.497 e. The summed E-state index contributed by atoms with van der Waals surface area (Å²) in [6.07, 6.45) is 0.704. The van der Waals surface area contributed by atoms with Crippen molar-refractivity contribution in [1.82, 2.24) is 0 Å². The first-order chi connectivity index (χ1) is 10.3. The van der Waals surface area contributed by atoms with Crippen LogP contribution in [0.4, 0.5) is 0 Å². The highest BCUT2D eigenvalue weighted by Crippen LogP contribution is 2.27. The van der Waals surface area contributed by atoms with E-state index in [1.54, 1.807) is 19.2 Å². The molecule has 1 aromatic heterocycles. The van der Waals surface area contributed by atoms with Crippen molar-refractivity contribution in [3.05, 3.63) is 66.4 Å². The van der Waals surface area contributed by atoms with E-state index in [-0.39, 0.29) is 0 Å². The van der Waals surface area contributed by atoms with Crippen LogP contribution in [0.15, 0.2) is 65.1 Å². The number of hydrogen-bond donors (Lipinski definition) is 0. The topological polar surface area (TPSA) is 39.4 Å². The Kier molecular flexibility index (Phi) is 3.56. The van der Waals surface area contributed by atoms with Crippen molar-refractivity contribution in [2.75, 3.05) is 7.11 Å². The maximum atomic E-state index is 10.6. The average Bonchev–Trinajstić information content (AvgIpc) is 3.04. The standard InChI is InChI=1S/C18H14O3/c1-20-16-8-6-14(7-9-16)13-2-4-15(5-3-13)18-11-10-17(12-19)21-18/h2-12H,1H3. The first kappa shape index (κ1) is 13.2. The summed E-state index contributed by atoms with van der Waals surface area (Å²) in [6.45, 7) is 0. The number of furan rings is 1. The summed E-state index contributed by atoms with van der Waals surface area (Å²) in [4.78, 5) is 10.6. The number of rotatable bonds is 4. The second kappa shape index (κ2) is 5.67. The van der Waals surface area contributed by atoms with Crippen LogP contribution < -0.4 is 4.74 Å². The molecular formula is C18H14O3. The molecule has 0 aliphatic rings. The van der Waals surface area contributed by atoms with Crippen LogP contribution >= 0.6 is 0 Å². The summed E-state index contributed by atoms with van der Waals surface area (Å²) in [6, 6.07) is 19.4. The van der Waals surface area contributed by atoms with Gasteiger partial charge in [-0.25, -0.2) is 0 Å². The number of benzene rings is 2. The molecule has 0 unspecified atom stereocenters. The van der Waals surface area contributed by atoms with Crippen LogP contribution in [0.2, 0.25) is 0 Å². The number of ether oxygens (including phenoxy) is 1. The second-order valence-electron chi connectivity index (χ2n) is 4.63. The number of carbonyl (C=O) groups excluding carboxylic acids is 1. The fraction of sp³-hybridized carbons (Fsp3) is 0.0556. The van der Waals surface area contributed by atoms with Gasteiger partial charge in [-0.3, -0.25) is 4.79 Å². The Balaban J connectivity index is 1.87. The Morgan fingerprint density at radius 3 is 1.90 bits per heavy atom. The first-order valence-corrected chi connectivity index (χ1v) is 6.60. The van der Waals surface area contributed by atoms with Gasteiger partial charge in [0.25, 0.3) is 0 Å². The molecule has 0 N–H and O–H groups in total. The highest BCUT2D eigenvalue weighted by Gasteiger charge is 2.05. The Morgan fingerprint density at radius 1 is 0.810 bits per heavy atom. The SMILES string of the molecule is COc1ccc(-c2ccc(-c3ccc(C=O)o3)cc2)cc1. The molecular weight excluding hydrogens is 264 g/mol. The van der Waals surface area contributed by atoms with E-state index in [0.717, 1.165) is 22.4 Å². The van der Waals surface area contributed by atoms with Crippen molar-refractivity contribution in [2.45, 2.75) is 0 Å². The fourth-order valence-corrected chi connectivity index (χ4v) is 2.18. The zero-order valence-corrected chi connectivity index (χ0v) is 11.6. The minimum Gasteiger partial charge on any atom is -0.497 e. The highest BCUT2D eigenvalue weighted by atomic mass is 16.5. The molecule has 3 heteroatoms. The molecule has 3 rings (SSSR count). The van der Waals surface area contributed by atoms with Gasteiger partial charge in [-0.1, -0.05) is 36.4 Å². The molecule has 21 heavy (non-hydrogen) atoms. The smallest absolute Gasteiger partial charge is 0.185 e. The minimum absolute atomic E-state index is 0.337. The predicted molar refractivity (Wildman–Crippen MR) is 81.5 cm³/mol. The zero-order chi connectivity index (χ0) is 14.7. The molecule has 0 amide bonds. The number of carbonyl (C=O) groups is 1. The molecule has 3 nitrogen and oxygen atoms in total. The normalized spacial score (nSPS) is 10.3. The van der Waals surface area contributed by atoms with Crippen molar-refractivity contribution in [3.63, 3.8) is 0 Å². The van der Waals surface area contributed by atoms with Crippen LogP contribution in [0.3, 0.4) is 0 Å². The lowest BCUT2D eigenvalue weighted by Gasteiger charge is -2.05. The van der Waals surface area contributed by atoms with Crippen molar-refractivity contribution < 1.29 is 13.9 Å². The average molecular weight is 278 g/mol. The summed E-state index contributed by atoms with van der Waals surface area (Å²) in [7, 11) is 1.65. The third-order valence-electron chi connectivity index (χ3n) is 3.34. The molecule has 0 atom stereocenters. The van der Waals surface area contributed by atoms with E-state index in [4.69, 9.17) is 9.15 Å². The van der Waals surface area contributed by atoms with E-state index in [1.807, 2.05) is 48.5 Å². The van der Waals surface area contributed by atoms with E-state index < -0.39 is 0 Å². The quantitative estimate of drug-likeness (QED) is 0.662. The van der Waals surface area contributed by atoms with Gasteiger partial charge in [0, 0.05) is 5.56 Å². The second-order valence-corrected chi connectivity index (χ2v) is 4.63. The molecule has 0 saturated carbocycles. The molecule has 0 spiro atoms. The van der Waals surface area contributed by atoms with E-state index in [2.05, 4.69) is 0 Å². The predicted octanol–water partition coefficient (Wildman–Crippen LogP) is 4.43. The third kappa shape index (κ3) is 2.72. The van der Waals surface area contributed by atoms with Gasteiger partial charge < -0.3 is 9.15 Å². The van der Waals surface area contributed by atoms with Crippen LogP contribution in [0, 0.1) is 0 Å². The molecule has 0 fully saturated rings. The summed E-state index contributed by atoms with van der Waals surface area (Å²) < 4.78 is 10.6. The van der Waals surface area contributed by atoms with Gasteiger partial charge in [-0.2, -0.15) is 0 Å². The van der Waals surface area contributed by atoms with Crippen LogP contribution in [0.1, 0.15) is 10.6 Å². The molecule has 0 radical (unpaired) electrons. The van der Waals surface area contributed by atoms with Gasteiger partial charge in [-0.15, -0.1) is 0 Å². The zero-order valence-electron chi connectivity index (χ0n) is 11.6. The van der Waals surface area contributed by atoms with Crippen LogP contribution in [-0.2, 0) is 0 Å². The third-order valence-corrected chi connectivity index (χ3v) is 3.34. The lowest BCUT2D eigenvalue weighted by Crippen LogP contribution is -1.83. The first-order valence-electron chi connectivity index (χ1n) is 6.60. The van der Waals surface area contributed by atoms with Gasteiger partial charge in [0.15, 0.2) is 12.0 Å². The molecule has 0 saturated heterocycles. The lowest BCUT2D eigenvalue weighted by atomic mass is 10.0. The monoisotopic (exact) mass is 278 g/mol. The molecule has 2 aromatic carbocycles. The minimum atomic E-state index is 0.337. The summed E-state index contributed by atoms with van der Waals surface area (Å²) in [5, 5.41) is 0. The van der Waals surface area contributed by atoms with Gasteiger partial charge in [0.2, 0.25) is 0 Å². The molecule has 0 bridgehead atoms. The number of methoxy groups -OCH3 is 1. The van der Waals surface area contributed by atoms with Gasteiger partial charge >= 0.3 is 0 Å². The van der Waals surface area contributed by atoms with Crippen molar-refractivity contribution in [1.29, 1.82) is 0 Å². The molecule has 1 heterocycles. The molecule has 0 aliphatic carbocycles. The Bertz CT molecular complexity index is 737. The Labute approximate surface area is 122 Å². The molecule has 0 aliphatic heterocycles.